The summed E-state index contributed by atoms with van der Waals surface area (Å²) in [5, 5.41) is 0.636. The molecule has 2 aromatic carbocycles. The quantitative estimate of drug-likeness (QED) is 0.633. The van der Waals surface area contributed by atoms with Crippen LogP contribution in [0.4, 0.5) is 0 Å². The van der Waals surface area contributed by atoms with Gasteiger partial charge in [-0.05, 0) is 68.1 Å². The lowest BCUT2D eigenvalue weighted by atomic mass is 10.1. The fraction of sp³-hybridized carbons (Fsp3) is 0.320. The Hall–Kier alpha value is -2.85. The van der Waals surface area contributed by atoms with Crippen LogP contribution >= 0.6 is 0 Å². The van der Waals surface area contributed by atoms with Gasteiger partial charge in [-0.25, -0.2) is 0 Å². The summed E-state index contributed by atoms with van der Waals surface area (Å²) in [6.07, 6.45) is 6.26. The van der Waals surface area contributed by atoms with Crippen LogP contribution in [0.25, 0.3) is 22.6 Å². The van der Waals surface area contributed by atoms with Gasteiger partial charge in [-0.1, -0.05) is 30.3 Å². The third-order valence-corrected chi connectivity index (χ3v) is 5.91. The third-order valence-electron chi connectivity index (χ3n) is 5.91. The molecule has 0 N–H and O–H groups in total. The van der Waals surface area contributed by atoms with E-state index in [1.165, 1.54) is 25.9 Å². The van der Waals surface area contributed by atoms with Gasteiger partial charge < -0.3 is 9.15 Å². The molecule has 0 saturated carbocycles. The number of allylic oxidation sites excluding steroid dienone is 1. The zero-order valence-corrected chi connectivity index (χ0v) is 16.5. The van der Waals surface area contributed by atoms with Crippen LogP contribution in [0.1, 0.15) is 36.1 Å². The Morgan fingerprint density at radius 1 is 1.03 bits per heavy atom. The van der Waals surface area contributed by atoms with Crippen molar-refractivity contribution in [1.82, 2.24) is 4.90 Å². The van der Waals surface area contributed by atoms with Gasteiger partial charge in [-0.2, -0.15) is 0 Å². The van der Waals surface area contributed by atoms with Gasteiger partial charge in [-0.3, -0.25) is 9.69 Å². The van der Waals surface area contributed by atoms with Crippen LogP contribution in [0.3, 0.4) is 0 Å². The smallest absolute Gasteiger partial charge is 0.196 e. The SMILES string of the molecule is O=c1c2c(oc3cc(OCCN4CCCC4)ccc13)/C(=C/c1ccccc1)CC2. The number of hydrogen-bond donors (Lipinski definition) is 0. The number of likely N-dealkylation sites (tertiary alicyclic amines) is 1. The van der Waals surface area contributed by atoms with Gasteiger partial charge in [0.15, 0.2) is 5.43 Å². The third kappa shape index (κ3) is 3.73. The minimum Gasteiger partial charge on any atom is -0.492 e. The minimum atomic E-state index is 0.0846. The maximum absolute atomic E-state index is 13.0. The highest BCUT2D eigenvalue weighted by atomic mass is 16.5. The molecule has 0 spiro atoms. The lowest BCUT2D eigenvalue weighted by Crippen LogP contribution is -2.25. The molecule has 0 unspecified atom stereocenters. The zero-order valence-electron chi connectivity index (χ0n) is 16.5. The fourth-order valence-electron chi connectivity index (χ4n) is 4.35. The van der Waals surface area contributed by atoms with Crippen LogP contribution in [-0.4, -0.2) is 31.1 Å². The van der Waals surface area contributed by atoms with E-state index in [1.54, 1.807) is 0 Å². The molecule has 2 aliphatic rings. The summed E-state index contributed by atoms with van der Waals surface area (Å²) < 4.78 is 12.2. The minimum absolute atomic E-state index is 0.0846. The Kier molecular flexibility index (Phi) is 4.94. The monoisotopic (exact) mass is 387 g/mol. The average molecular weight is 387 g/mol. The molecule has 4 nitrogen and oxygen atoms in total. The van der Waals surface area contributed by atoms with Crippen LogP contribution in [-0.2, 0) is 6.42 Å². The second-order valence-corrected chi connectivity index (χ2v) is 7.87. The fourth-order valence-corrected chi connectivity index (χ4v) is 4.35. The van der Waals surface area contributed by atoms with E-state index in [2.05, 4.69) is 23.1 Å². The molecule has 0 radical (unpaired) electrons. The van der Waals surface area contributed by atoms with E-state index in [0.29, 0.717) is 17.6 Å². The normalized spacial score (nSPS) is 17.9. The summed E-state index contributed by atoms with van der Waals surface area (Å²) in [7, 11) is 0. The average Bonchev–Trinajstić information content (AvgIpc) is 3.40. The van der Waals surface area contributed by atoms with Crippen LogP contribution in [0.5, 0.6) is 5.75 Å². The summed E-state index contributed by atoms with van der Waals surface area (Å²) in [6.45, 7) is 3.92. The first kappa shape index (κ1) is 18.2. The van der Waals surface area contributed by atoms with Gasteiger partial charge in [0.05, 0.1) is 5.39 Å². The Morgan fingerprint density at radius 2 is 1.86 bits per heavy atom. The van der Waals surface area contributed by atoms with Gasteiger partial charge in [0.1, 0.15) is 23.7 Å². The van der Waals surface area contributed by atoms with Gasteiger partial charge in [0.25, 0.3) is 0 Å². The van der Waals surface area contributed by atoms with Gasteiger partial charge in [0.2, 0.25) is 0 Å². The molecule has 5 rings (SSSR count). The van der Waals surface area contributed by atoms with Crippen LogP contribution in [0.15, 0.2) is 57.7 Å². The first-order chi connectivity index (χ1) is 14.3. The highest BCUT2D eigenvalue weighted by molar-refractivity contribution is 5.87. The summed E-state index contributed by atoms with van der Waals surface area (Å²) in [5.41, 5.74) is 3.69. The Labute approximate surface area is 170 Å². The second kappa shape index (κ2) is 7.88. The highest BCUT2D eigenvalue weighted by Gasteiger charge is 2.24. The van der Waals surface area contributed by atoms with Crippen molar-refractivity contribution in [2.45, 2.75) is 25.7 Å². The molecule has 1 aliphatic heterocycles. The van der Waals surface area contributed by atoms with E-state index in [1.807, 2.05) is 36.4 Å². The van der Waals surface area contributed by atoms with Gasteiger partial charge >= 0.3 is 0 Å². The van der Waals surface area contributed by atoms with E-state index in [9.17, 15) is 4.79 Å². The molecule has 29 heavy (non-hydrogen) atoms. The van der Waals surface area contributed by atoms with Crippen molar-refractivity contribution in [3.63, 3.8) is 0 Å². The first-order valence-electron chi connectivity index (χ1n) is 10.5. The number of fused-ring (bicyclic) bond motifs is 2. The van der Waals surface area contributed by atoms with E-state index in [4.69, 9.17) is 9.15 Å². The molecule has 1 aromatic heterocycles. The van der Waals surface area contributed by atoms with Crippen LogP contribution < -0.4 is 10.2 Å². The molecule has 3 aromatic rings. The highest BCUT2D eigenvalue weighted by Crippen LogP contribution is 2.34. The molecule has 1 aliphatic carbocycles. The molecule has 148 valence electrons. The van der Waals surface area contributed by atoms with E-state index < -0.39 is 0 Å². The molecule has 1 fully saturated rings. The topological polar surface area (TPSA) is 42.7 Å². The Morgan fingerprint density at radius 3 is 2.69 bits per heavy atom. The van der Waals surface area contributed by atoms with E-state index in [-0.39, 0.29) is 5.43 Å². The second-order valence-electron chi connectivity index (χ2n) is 7.87. The first-order valence-corrected chi connectivity index (χ1v) is 10.5. The molecule has 0 atom stereocenters. The number of hydrogen-bond acceptors (Lipinski definition) is 4. The van der Waals surface area contributed by atoms with Crippen molar-refractivity contribution in [3.05, 3.63) is 75.6 Å². The molecule has 0 bridgehead atoms. The molecule has 1 saturated heterocycles. The maximum Gasteiger partial charge on any atom is 0.196 e. The summed E-state index contributed by atoms with van der Waals surface area (Å²) >= 11 is 0. The van der Waals surface area contributed by atoms with Crippen molar-refractivity contribution in [2.75, 3.05) is 26.2 Å². The number of nitrogens with zero attached hydrogens (tertiary/aromatic N) is 1. The predicted octanol–water partition coefficient (Wildman–Crippen LogP) is 4.75. The predicted molar refractivity (Wildman–Crippen MR) is 116 cm³/mol. The van der Waals surface area contributed by atoms with Gasteiger partial charge in [0, 0.05) is 18.2 Å². The van der Waals surface area contributed by atoms with Crippen molar-refractivity contribution >= 4 is 22.6 Å². The van der Waals surface area contributed by atoms with Gasteiger partial charge in [-0.15, -0.1) is 0 Å². The molecular formula is C25H25NO3. The Balaban J connectivity index is 1.43. The standard InChI is InChI=1S/C25H25NO3/c27-24-21-11-9-20(28-15-14-26-12-4-5-13-26)17-23(21)29-25-19(8-10-22(24)25)16-18-6-2-1-3-7-18/h1-3,6-7,9,11,16-17H,4-5,8,10,12-15H2/b19-16+. The van der Waals surface area contributed by atoms with Crippen molar-refractivity contribution in [1.29, 1.82) is 0 Å². The van der Waals surface area contributed by atoms with E-state index >= 15 is 0 Å². The molecular weight excluding hydrogens is 362 g/mol. The van der Waals surface area contributed by atoms with E-state index in [0.717, 1.165) is 47.6 Å². The molecule has 0 amide bonds. The van der Waals surface area contributed by atoms with Crippen LogP contribution in [0.2, 0.25) is 0 Å². The zero-order chi connectivity index (χ0) is 19.6. The summed E-state index contributed by atoms with van der Waals surface area (Å²) in [6, 6.07) is 15.8. The Bertz CT molecular complexity index is 1110. The van der Waals surface area contributed by atoms with Crippen molar-refractivity contribution in [2.24, 2.45) is 0 Å². The maximum atomic E-state index is 13.0. The lowest BCUT2D eigenvalue weighted by molar-refractivity contribution is 0.238. The number of ether oxygens (including phenoxy) is 1. The summed E-state index contributed by atoms with van der Waals surface area (Å²) in [5.74, 6) is 1.49. The van der Waals surface area contributed by atoms with Crippen LogP contribution in [0, 0.1) is 0 Å². The lowest BCUT2D eigenvalue weighted by Gasteiger charge is -2.15. The number of rotatable bonds is 5. The largest absolute Gasteiger partial charge is 0.492 e. The number of benzene rings is 2. The van der Waals surface area contributed by atoms with Crippen molar-refractivity contribution < 1.29 is 9.15 Å². The summed E-state index contributed by atoms with van der Waals surface area (Å²) in [4.78, 5) is 15.4. The molecule has 4 heteroatoms. The van der Waals surface area contributed by atoms with Crippen molar-refractivity contribution in [3.8, 4) is 5.75 Å². The molecule has 2 heterocycles.